The van der Waals surface area contributed by atoms with Gasteiger partial charge >= 0.3 is 0 Å². The number of nitrogens with zero attached hydrogens (tertiary/aromatic N) is 1. The largest absolute Gasteiger partial charge is 0.352 e. The van der Waals surface area contributed by atoms with Gasteiger partial charge in [0.05, 0.1) is 6.26 Å². The number of rotatable bonds is 4. The molecule has 0 aromatic heterocycles. The zero-order chi connectivity index (χ0) is 14.9. The zero-order valence-corrected chi connectivity index (χ0v) is 11.6. The highest BCUT2D eigenvalue weighted by atomic mass is 32.2. The second-order valence-corrected chi connectivity index (χ2v) is 6.41. The van der Waals surface area contributed by atoms with Crippen LogP contribution >= 0.6 is 0 Å². The van der Waals surface area contributed by atoms with E-state index in [4.69, 9.17) is 5.73 Å². The van der Waals surface area contributed by atoms with Crippen LogP contribution in [0.15, 0.2) is 30.3 Å². The molecule has 2 amide bonds. The van der Waals surface area contributed by atoms with Gasteiger partial charge in [-0.1, -0.05) is 30.3 Å². The highest BCUT2D eigenvalue weighted by Crippen LogP contribution is 2.19. The van der Waals surface area contributed by atoms with Crippen LogP contribution in [0.1, 0.15) is 11.6 Å². The van der Waals surface area contributed by atoms with E-state index < -0.39 is 33.9 Å². The molecule has 1 aromatic rings. The van der Waals surface area contributed by atoms with Gasteiger partial charge in [0.2, 0.25) is 15.9 Å². The van der Waals surface area contributed by atoms with Crippen LogP contribution in [0.4, 0.5) is 0 Å². The normalized spacial score (nSPS) is 19.7. The van der Waals surface area contributed by atoms with Gasteiger partial charge in [0.1, 0.15) is 12.1 Å². The minimum absolute atomic E-state index is 0.110. The molecule has 7 nitrogen and oxygen atoms in total. The number of carbonyl (C=O) groups is 2. The third-order valence-electron chi connectivity index (χ3n) is 3.05. The summed E-state index contributed by atoms with van der Waals surface area (Å²) in [5, 5.41) is 2.41. The maximum absolute atomic E-state index is 12.3. The van der Waals surface area contributed by atoms with E-state index in [1.165, 1.54) is 0 Å². The minimum atomic E-state index is -3.87. The highest BCUT2D eigenvalue weighted by Gasteiger charge is 2.43. The number of amides is 2. The standard InChI is InChI=1S/C12H15N3O4S/c1-20(18,19)15(9-7-14-11(9)16)12(17)10(13)8-5-3-2-4-6-8/h2-6,9-10H,7,13H2,1H3,(H,14,16)/t9?,10-/m1/s1. The molecular formula is C12H15N3O4S. The van der Waals surface area contributed by atoms with Gasteiger partial charge in [-0.2, -0.15) is 0 Å². The average molecular weight is 297 g/mol. The van der Waals surface area contributed by atoms with E-state index in [0.29, 0.717) is 9.87 Å². The number of β-lactam (4-membered cyclic amide) rings is 1. The summed E-state index contributed by atoms with van der Waals surface area (Å²) in [7, 11) is -3.87. The Bertz CT molecular complexity index is 629. The zero-order valence-electron chi connectivity index (χ0n) is 10.8. The smallest absolute Gasteiger partial charge is 0.258 e. The van der Waals surface area contributed by atoms with E-state index >= 15 is 0 Å². The van der Waals surface area contributed by atoms with Gasteiger partial charge in [0, 0.05) is 6.54 Å². The molecule has 2 atom stereocenters. The third kappa shape index (κ3) is 2.66. The number of nitrogens with two attached hydrogens (primary N) is 1. The van der Waals surface area contributed by atoms with Crippen molar-refractivity contribution < 1.29 is 18.0 Å². The molecule has 1 aromatic carbocycles. The molecule has 108 valence electrons. The first-order valence-electron chi connectivity index (χ1n) is 5.94. The van der Waals surface area contributed by atoms with E-state index in [0.717, 1.165) is 6.26 Å². The number of hydrogen-bond donors (Lipinski definition) is 2. The third-order valence-corrected chi connectivity index (χ3v) is 4.20. The first-order valence-corrected chi connectivity index (χ1v) is 7.78. The van der Waals surface area contributed by atoms with E-state index in [-0.39, 0.29) is 6.54 Å². The Morgan fingerprint density at radius 2 is 2.00 bits per heavy atom. The first-order chi connectivity index (χ1) is 9.32. The van der Waals surface area contributed by atoms with Crippen molar-refractivity contribution in [2.75, 3.05) is 12.8 Å². The summed E-state index contributed by atoms with van der Waals surface area (Å²) >= 11 is 0. The van der Waals surface area contributed by atoms with Crippen molar-refractivity contribution in [1.82, 2.24) is 9.62 Å². The summed E-state index contributed by atoms with van der Waals surface area (Å²) in [6.07, 6.45) is 0.883. The molecule has 0 radical (unpaired) electrons. The Labute approximate surface area is 116 Å². The first kappa shape index (κ1) is 14.5. The Balaban J connectivity index is 2.30. The predicted molar refractivity (Wildman–Crippen MR) is 71.9 cm³/mol. The Morgan fingerprint density at radius 3 is 2.40 bits per heavy atom. The van der Waals surface area contributed by atoms with E-state index in [1.807, 2.05) is 0 Å². The molecule has 1 heterocycles. The van der Waals surface area contributed by atoms with Crippen molar-refractivity contribution in [3.63, 3.8) is 0 Å². The quantitative estimate of drug-likeness (QED) is 0.691. The van der Waals surface area contributed by atoms with E-state index in [1.54, 1.807) is 30.3 Å². The SMILES string of the molecule is CS(=O)(=O)N(C(=O)[C@H](N)c1ccccc1)C1CNC1=O. The molecule has 1 fully saturated rings. The number of carbonyl (C=O) groups excluding carboxylic acids is 2. The summed E-state index contributed by atoms with van der Waals surface area (Å²) < 4.78 is 24.1. The maximum Gasteiger partial charge on any atom is 0.258 e. The molecule has 0 aliphatic carbocycles. The second-order valence-electron chi connectivity index (χ2n) is 4.55. The van der Waals surface area contributed by atoms with Gasteiger partial charge in [0.25, 0.3) is 5.91 Å². The van der Waals surface area contributed by atoms with Gasteiger partial charge in [-0.15, -0.1) is 0 Å². The highest BCUT2D eigenvalue weighted by molar-refractivity contribution is 7.89. The van der Waals surface area contributed by atoms with Gasteiger partial charge in [-0.25, -0.2) is 12.7 Å². The molecule has 1 saturated heterocycles. The van der Waals surface area contributed by atoms with Gasteiger partial charge in [0.15, 0.2) is 0 Å². The lowest BCUT2D eigenvalue weighted by Crippen LogP contribution is -2.65. The topological polar surface area (TPSA) is 110 Å². The summed E-state index contributed by atoms with van der Waals surface area (Å²) in [5.74, 6) is -1.30. The minimum Gasteiger partial charge on any atom is -0.352 e. The van der Waals surface area contributed by atoms with Crippen LogP contribution in [-0.2, 0) is 19.6 Å². The van der Waals surface area contributed by atoms with E-state index in [2.05, 4.69) is 5.32 Å². The van der Waals surface area contributed by atoms with Crippen molar-refractivity contribution in [3.8, 4) is 0 Å². The molecule has 20 heavy (non-hydrogen) atoms. The molecule has 1 aliphatic heterocycles. The van der Waals surface area contributed by atoms with Crippen LogP contribution in [-0.4, -0.2) is 43.4 Å². The number of nitrogens with one attached hydrogen (secondary N) is 1. The van der Waals surface area contributed by atoms with Crippen LogP contribution in [0.2, 0.25) is 0 Å². The molecule has 2 rings (SSSR count). The van der Waals surface area contributed by atoms with Crippen LogP contribution in [0.25, 0.3) is 0 Å². The lowest BCUT2D eigenvalue weighted by molar-refractivity contribution is -0.140. The molecule has 0 spiro atoms. The van der Waals surface area contributed by atoms with Crippen LogP contribution in [0.5, 0.6) is 0 Å². The molecule has 8 heteroatoms. The molecule has 0 bridgehead atoms. The summed E-state index contributed by atoms with van der Waals surface area (Å²) in [4.78, 5) is 23.7. The van der Waals surface area contributed by atoms with Gasteiger partial charge in [-0.05, 0) is 5.56 Å². The van der Waals surface area contributed by atoms with Crippen LogP contribution in [0.3, 0.4) is 0 Å². The van der Waals surface area contributed by atoms with Crippen molar-refractivity contribution >= 4 is 21.8 Å². The van der Waals surface area contributed by atoms with Gasteiger partial charge in [-0.3, -0.25) is 9.59 Å². The molecule has 1 unspecified atom stereocenters. The molecule has 1 aliphatic rings. The second kappa shape index (κ2) is 5.22. The Morgan fingerprint density at radius 1 is 1.40 bits per heavy atom. The van der Waals surface area contributed by atoms with Crippen molar-refractivity contribution in [3.05, 3.63) is 35.9 Å². The van der Waals surface area contributed by atoms with Crippen LogP contribution < -0.4 is 11.1 Å². The lowest BCUT2D eigenvalue weighted by Gasteiger charge is -2.36. The van der Waals surface area contributed by atoms with E-state index in [9.17, 15) is 18.0 Å². The fourth-order valence-corrected chi connectivity index (χ4v) is 3.03. The average Bonchev–Trinajstić information content (AvgIpc) is 2.41. The summed E-state index contributed by atoms with van der Waals surface area (Å²) in [6.45, 7) is 0.110. The molecule has 3 N–H and O–H groups in total. The van der Waals surface area contributed by atoms with Crippen LogP contribution in [0, 0.1) is 0 Å². The monoisotopic (exact) mass is 297 g/mol. The Hall–Kier alpha value is -1.93. The lowest BCUT2D eigenvalue weighted by atomic mass is 10.1. The maximum atomic E-state index is 12.3. The Kier molecular flexibility index (Phi) is 3.78. The fraction of sp³-hybridized carbons (Fsp3) is 0.333. The molecular weight excluding hydrogens is 282 g/mol. The number of hydrogen-bond acceptors (Lipinski definition) is 5. The predicted octanol–water partition coefficient (Wildman–Crippen LogP) is -1.03. The number of sulfonamides is 1. The van der Waals surface area contributed by atoms with Crippen molar-refractivity contribution in [2.45, 2.75) is 12.1 Å². The summed E-state index contributed by atoms with van der Waals surface area (Å²) in [5.41, 5.74) is 6.30. The fourth-order valence-electron chi connectivity index (χ4n) is 1.95. The number of benzene rings is 1. The van der Waals surface area contributed by atoms with Crippen molar-refractivity contribution in [2.24, 2.45) is 5.73 Å². The van der Waals surface area contributed by atoms with Gasteiger partial charge < -0.3 is 11.1 Å². The summed E-state index contributed by atoms with van der Waals surface area (Å²) in [6, 6.07) is 6.28. The molecule has 0 saturated carbocycles. The van der Waals surface area contributed by atoms with Crippen molar-refractivity contribution in [1.29, 1.82) is 0 Å².